The Bertz CT molecular complexity index is 796. The van der Waals surface area contributed by atoms with E-state index in [1.54, 1.807) is 56.6 Å². The monoisotopic (exact) mass is 310 g/mol. The van der Waals surface area contributed by atoms with Crippen LogP contribution in [0.25, 0.3) is 0 Å². The number of amides is 1. The van der Waals surface area contributed by atoms with Crippen LogP contribution < -0.4 is 9.64 Å². The van der Waals surface area contributed by atoms with Crippen LogP contribution in [0.4, 0.5) is 5.69 Å². The first-order valence-corrected chi connectivity index (χ1v) is 6.92. The third kappa shape index (κ3) is 2.66. The fourth-order valence-corrected chi connectivity index (χ4v) is 2.30. The van der Waals surface area contributed by atoms with Crippen molar-refractivity contribution >= 4 is 23.3 Å². The second kappa shape index (κ2) is 5.92. The highest BCUT2D eigenvalue weighted by atomic mass is 16.7. The number of methoxy groups -OCH3 is 1. The van der Waals surface area contributed by atoms with Crippen LogP contribution in [0, 0.1) is 0 Å². The summed E-state index contributed by atoms with van der Waals surface area (Å²) < 4.78 is 5.03. The van der Waals surface area contributed by atoms with Crippen LogP contribution >= 0.6 is 0 Å². The average molecular weight is 310 g/mol. The molecule has 0 aliphatic carbocycles. The number of carbonyl (C=O) groups is 2. The Balaban J connectivity index is 1.82. The first-order chi connectivity index (χ1) is 11.1. The molecule has 0 bridgehead atoms. The van der Waals surface area contributed by atoms with Crippen molar-refractivity contribution in [2.45, 2.75) is 0 Å². The van der Waals surface area contributed by atoms with Gasteiger partial charge in [-0.05, 0) is 30.3 Å². The van der Waals surface area contributed by atoms with E-state index in [1.165, 1.54) is 4.90 Å². The Kier molecular flexibility index (Phi) is 3.80. The summed E-state index contributed by atoms with van der Waals surface area (Å²) in [5, 5.41) is 3.76. The normalized spacial score (nSPS) is 14.8. The number of benzene rings is 2. The summed E-state index contributed by atoms with van der Waals surface area (Å²) in [6.45, 7) is 0. The number of ether oxygens (including phenoxy) is 1. The predicted octanol–water partition coefficient (Wildman–Crippen LogP) is 2.23. The summed E-state index contributed by atoms with van der Waals surface area (Å²) in [5.74, 6) is -0.317. The number of rotatable bonds is 3. The Morgan fingerprint density at radius 3 is 2.48 bits per heavy atom. The molecule has 0 spiro atoms. The quantitative estimate of drug-likeness (QED) is 0.644. The second-order valence-electron chi connectivity index (χ2n) is 4.93. The van der Waals surface area contributed by atoms with Gasteiger partial charge in [0.15, 0.2) is 5.71 Å². The maximum atomic E-state index is 12.2. The minimum atomic E-state index is -0.639. The van der Waals surface area contributed by atoms with Gasteiger partial charge < -0.3 is 14.5 Å². The van der Waals surface area contributed by atoms with E-state index < -0.39 is 5.97 Å². The van der Waals surface area contributed by atoms with Crippen molar-refractivity contribution in [3.05, 3.63) is 59.7 Å². The minimum absolute atomic E-state index is 0.116. The maximum absolute atomic E-state index is 12.2. The van der Waals surface area contributed by atoms with Crippen molar-refractivity contribution in [3.8, 4) is 5.75 Å². The van der Waals surface area contributed by atoms with Crippen LogP contribution in [0.3, 0.4) is 0 Å². The SMILES string of the molecule is COc1ccc(C(=O)ON=C2C(=O)N(C)c3ccccc32)cc1. The van der Waals surface area contributed by atoms with Crippen LogP contribution in [0.15, 0.2) is 53.7 Å². The van der Waals surface area contributed by atoms with Crippen LogP contribution in [0.1, 0.15) is 15.9 Å². The molecule has 23 heavy (non-hydrogen) atoms. The molecule has 1 amide bonds. The molecule has 6 nitrogen and oxygen atoms in total. The lowest BCUT2D eigenvalue weighted by Crippen LogP contribution is -2.25. The molecule has 0 unspecified atom stereocenters. The Hall–Kier alpha value is -3.15. The molecule has 1 heterocycles. The number of hydrogen-bond donors (Lipinski definition) is 0. The number of para-hydroxylation sites is 1. The lowest BCUT2D eigenvalue weighted by Gasteiger charge is -2.07. The zero-order chi connectivity index (χ0) is 16.4. The number of hydrogen-bond acceptors (Lipinski definition) is 5. The highest BCUT2D eigenvalue weighted by molar-refractivity contribution is 6.54. The third-order valence-corrected chi connectivity index (χ3v) is 3.57. The number of nitrogens with zero attached hydrogens (tertiary/aromatic N) is 2. The molecule has 1 aliphatic rings. The Morgan fingerprint density at radius 2 is 1.78 bits per heavy atom. The fraction of sp³-hybridized carbons (Fsp3) is 0.118. The number of oxime groups is 1. The van der Waals surface area contributed by atoms with Gasteiger partial charge in [-0.15, -0.1) is 0 Å². The van der Waals surface area contributed by atoms with E-state index in [-0.39, 0.29) is 11.6 Å². The zero-order valence-electron chi connectivity index (χ0n) is 12.6. The van der Waals surface area contributed by atoms with Gasteiger partial charge in [0.2, 0.25) is 0 Å². The lowest BCUT2D eigenvalue weighted by molar-refractivity contribution is -0.112. The molecule has 0 saturated heterocycles. The largest absolute Gasteiger partial charge is 0.497 e. The van der Waals surface area contributed by atoms with Gasteiger partial charge in [0.25, 0.3) is 5.91 Å². The van der Waals surface area contributed by atoms with E-state index in [1.807, 2.05) is 6.07 Å². The molecule has 1 aliphatic heterocycles. The van der Waals surface area contributed by atoms with Crippen LogP contribution in [-0.2, 0) is 9.63 Å². The summed E-state index contributed by atoms with van der Waals surface area (Å²) in [5.41, 5.74) is 1.81. The number of likely N-dealkylation sites (N-methyl/N-ethyl adjacent to an activating group) is 1. The van der Waals surface area contributed by atoms with E-state index in [0.29, 0.717) is 16.9 Å². The molecule has 0 atom stereocenters. The molecule has 0 saturated carbocycles. The molecule has 116 valence electrons. The Morgan fingerprint density at radius 1 is 1.09 bits per heavy atom. The van der Waals surface area contributed by atoms with Crippen molar-refractivity contribution < 1.29 is 19.2 Å². The van der Waals surface area contributed by atoms with E-state index in [4.69, 9.17) is 9.57 Å². The van der Waals surface area contributed by atoms with Gasteiger partial charge in [0.1, 0.15) is 5.75 Å². The highest BCUT2D eigenvalue weighted by Crippen LogP contribution is 2.27. The first kappa shape index (κ1) is 14.8. The first-order valence-electron chi connectivity index (χ1n) is 6.92. The molecule has 0 N–H and O–H groups in total. The highest BCUT2D eigenvalue weighted by Gasteiger charge is 2.32. The standard InChI is InChI=1S/C17H14N2O4/c1-19-14-6-4-3-5-13(14)15(16(19)20)18-23-17(21)11-7-9-12(22-2)10-8-11/h3-10H,1-2H3. The summed E-state index contributed by atoms with van der Waals surface area (Å²) in [7, 11) is 3.19. The van der Waals surface area contributed by atoms with Gasteiger partial charge in [0, 0.05) is 12.6 Å². The summed E-state index contributed by atoms with van der Waals surface area (Å²) in [6.07, 6.45) is 0. The van der Waals surface area contributed by atoms with E-state index in [2.05, 4.69) is 5.16 Å². The fourth-order valence-electron chi connectivity index (χ4n) is 2.30. The van der Waals surface area contributed by atoms with E-state index in [0.717, 1.165) is 5.69 Å². The van der Waals surface area contributed by atoms with Gasteiger partial charge >= 0.3 is 5.97 Å². The molecule has 2 aromatic carbocycles. The smallest absolute Gasteiger partial charge is 0.365 e. The van der Waals surface area contributed by atoms with Crippen LogP contribution in [-0.4, -0.2) is 31.7 Å². The second-order valence-corrected chi connectivity index (χ2v) is 4.93. The summed E-state index contributed by atoms with van der Waals surface area (Å²) in [6, 6.07) is 13.6. The number of carbonyl (C=O) groups excluding carboxylic acids is 2. The van der Waals surface area contributed by atoms with Crippen molar-refractivity contribution in [2.75, 3.05) is 19.1 Å². The predicted molar refractivity (Wildman–Crippen MR) is 84.8 cm³/mol. The molecule has 0 radical (unpaired) electrons. The van der Waals surface area contributed by atoms with Crippen LogP contribution in [0.5, 0.6) is 5.75 Å². The van der Waals surface area contributed by atoms with E-state index >= 15 is 0 Å². The summed E-state index contributed by atoms with van der Waals surface area (Å²) >= 11 is 0. The van der Waals surface area contributed by atoms with Gasteiger partial charge in [-0.3, -0.25) is 4.79 Å². The molecule has 2 aromatic rings. The Labute approximate surface area is 132 Å². The van der Waals surface area contributed by atoms with Crippen molar-refractivity contribution in [3.63, 3.8) is 0 Å². The maximum Gasteiger partial charge on any atom is 0.365 e. The topological polar surface area (TPSA) is 68.2 Å². The zero-order valence-corrected chi connectivity index (χ0v) is 12.6. The molecular weight excluding hydrogens is 296 g/mol. The van der Waals surface area contributed by atoms with Gasteiger partial charge in [-0.2, -0.15) is 0 Å². The molecule has 3 rings (SSSR count). The number of fused-ring (bicyclic) bond motifs is 1. The molecule has 6 heteroatoms. The minimum Gasteiger partial charge on any atom is -0.497 e. The van der Waals surface area contributed by atoms with Gasteiger partial charge in [-0.1, -0.05) is 23.4 Å². The molecule has 0 fully saturated rings. The summed E-state index contributed by atoms with van der Waals surface area (Å²) in [4.78, 5) is 30.6. The van der Waals surface area contributed by atoms with Crippen molar-refractivity contribution in [1.82, 2.24) is 0 Å². The van der Waals surface area contributed by atoms with Gasteiger partial charge in [-0.25, -0.2) is 4.79 Å². The van der Waals surface area contributed by atoms with Crippen molar-refractivity contribution in [1.29, 1.82) is 0 Å². The van der Waals surface area contributed by atoms with Gasteiger partial charge in [0.05, 0.1) is 18.4 Å². The van der Waals surface area contributed by atoms with E-state index in [9.17, 15) is 9.59 Å². The molecule has 0 aromatic heterocycles. The third-order valence-electron chi connectivity index (χ3n) is 3.57. The molecular formula is C17H14N2O4. The lowest BCUT2D eigenvalue weighted by atomic mass is 10.1. The average Bonchev–Trinajstić information content (AvgIpc) is 2.84. The van der Waals surface area contributed by atoms with Crippen LogP contribution in [0.2, 0.25) is 0 Å². The number of anilines is 1. The van der Waals surface area contributed by atoms with Crippen molar-refractivity contribution in [2.24, 2.45) is 5.16 Å².